The first-order valence-corrected chi connectivity index (χ1v) is 11.3. The molecule has 7 nitrogen and oxygen atoms in total. The van der Waals surface area contributed by atoms with Crippen LogP contribution < -0.4 is 10.5 Å². The first-order chi connectivity index (χ1) is 17.0. The van der Waals surface area contributed by atoms with E-state index in [1.807, 2.05) is 29.9 Å². The Hall–Kier alpha value is -4.20. The lowest BCUT2D eigenvalue weighted by atomic mass is 9.98. The highest BCUT2D eigenvalue weighted by molar-refractivity contribution is 6.17. The Balaban J connectivity index is 0.00000141. The van der Waals surface area contributed by atoms with Gasteiger partial charge in [-0.05, 0) is 72.9 Å². The summed E-state index contributed by atoms with van der Waals surface area (Å²) in [6.07, 6.45) is 3.19. The molecule has 1 aliphatic rings. The number of nitrogens with two attached hydrogens (primary N) is 1. The maximum atomic E-state index is 14.4. The topological polar surface area (TPSA) is 105 Å². The van der Waals surface area contributed by atoms with Crippen molar-refractivity contribution in [3.63, 3.8) is 0 Å². The summed E-state index contributed by atoms with van der Waals surface area (Å²) in [7, 11) is 1.41. The molecule has 3 N–H and O–H groups in total. The predicted molar refractivity (Wildman–Crippen MR) is 133 cm³/mol. The van der Waals surface area contributed by atoms with Crippen LogP contribution in [0.15, 0.2) is 48.5 Å². The largest absolute Gasteiger partial charge is 0.494 e. The van der Waals surface area contributed by atoms with Gasteiger partial charge in [0.15, 0.2) is 11.6 Å². The van der Waals surface area contributed by atoms with Crippen molar-refractivity contribution >= 4 is 40.4 Å². The molecule has 0 unspecified atom stereocenters. The van der Waals surface area contributed by atoms with E-state index in [1.54, 1.807) is 24.3 Å². The van der Waals surface area contributed by atoms with E-state index in [2.05, 4.69) is 4.98 Å². The Labute approximate surface area is 201 Å². The van der Waals surface area contributed by atoms with E-state index < -0.39 is 11.7 Å². The average Bonchev–Trinajstić information content (AvgIpc) is 3.27. The number of hydrogen-bond donors (Lipinski definition) is 2. The second kappa shape index (κ2) is 9.97. The molecule has 0 radical (unpaired) electrons. The molecule has 8 heteroatoms. The number of H-pyrrole nitrogens is 1. The fraction of sp³-hybridized carbons (Fsp3) is 0.222. The molecule has 1 saturated heterocycles. The molecule has 0 bridgehead atoms. The Kier molecular flexibility index (Phi) is 6.82. The summed E-state index contributed by atoms with van der Waals surface area (Å²) < 4.78 is 19.4. The lowest BCUT2D eigenvalue weighted by molar-refractivity contribution is -0.0980. The minimum absolute atomic E-state index is 0.00875. The fourth-order valence-corrected chi connectivity index (χ4v) is 4.62. The van der Waals surface area contributed by atoms with Gasteiger partial charge in [0.2, 0.25) is 0 Å². The van der Waals surface area contributed by atoms with E-state index in [1.165, 1.54) is 13.2 Å². The van der Waals surface area contributed by atoms with Crippen molar-refractivity contribution in [2.75, 3.05) is 20.2 Å². The Morgan fingerprint density at radius 1 is 0.971 bits per heavy atom. The lowest BCUT2D eigenvalue weighted by Gasteiger charge is -2.26. The molecule has 2 heterocycles. The summed E-state index contributed by atoms with van der Waals surface area (Å²) >= 11 is 0. The molecular weight excluding hydrogens is 449 g/mol. The van der Waals surface area contributed by atoms with E-state index in [0.29, 0.717) is 27.8 Å². The summed E-state index contributed by atoms with van der Waals surface area (Å²) in [6, 6.07) is 13.7. The van der Waals surface area contributed by atoms with Crippen molar-refractivity contribution < 1.29 is 23.5 Å². The lowest BCUT2D eigenvalue weighted by Crippen LogP contribution is -2.35. The zero-order chi connectivity index (χ0) is 25.1. The zero-order valence-corrected chi connectivity index (χ0v) is 19.4. The number of aromatic amines is 1. The number of aromatic nitrogens is 1. The molecular formula is C27H26FN3O4. The molecule has 0 saturated carbocycles. The number of methoxy groups -OCH3 is 1. The quantitative estimate of drug-likeness (QED) is 0.447. The van der Waals surface area contributed by atoms with Crippen molar-refractivity contribution in [2.45, 2.75) is 19.3 Å². The number of piperidine rings is 1. The van der Waals surface area contributed by atoms with E-state index in [0.717, 1.165) is 48.6 Å². The molecule has 5 rings (SSSR count). The number of primary amides is 1. The minimum atomic E-state index is -0.591. The number of benzene rings is 3. The highest BCUT2D eigenvalue weighted by atomic mass is 19.1. The van der Waals surface area contributed by atoms with Crippen LogP contribution in [-0.4, -0.2) is 48.7 Å². The normalized spacial score (nSPS) is 13.4. The number of nitrogens with zero attached hydrogens (tertiary/aromatic N) is 1. The number of amides is 2. The van der Waals surface area contributed by atoms with Crippen LogP contribution in [0.5, 0.6) is 5.75 Å². The van der Waals surface area contributed by atoms with Crippen molar-refractivity contribution in [3.05, 3.63) is 65.5 Å². The first-order valence-electron chi connectivity index (χ1n) is 11.3. The minimum Gasteiger partial charge on any atom is -0.494 e. The number of likely N-dealkylation sites (tertiary alicyclic amines) is 1. The number of hydrogen-bond acceptors (Lipinski definition) is 4. The van der Waals surface area contributed by atoms with Gasteiger partial charge in [-0.1, -0.05) is 6.07 Å². The second-order valence-electron chi connectivity index (χ2n) is 8.40. The number of carbonyl (C=O) groups is 3. The molecule has 1 fully saturated rings. The van der Waals surface area contributed by atoms with Gasteiger partial charge in [-0.2, -0.15) is 0 Å². The van der Waals surface area contributed by atoms with Crippen LogP contribution in [0.4, 0.5) is 4.39 Å². The van der Waals surface area contributed by atoms with E-state index >= 15 is 0 Å². The highest BCUT2D eigenvalue weighted by Crippen LogP contribution is 2.34. The average molecular weight is 476 g/mol. The summed E-state index contributed by atoms with van der Waals surface area (Å²) in [4.78, 5) is 38.5. The number of ether oxygens (including phenoxy) is 1. The van der Waals surface area contributed by atoms with E-state index in [9.17, 15) is 14.0 Å². The van der Waals surface area contributed by atoms with Crippen LogP contribution in [-0.2, 0) is 4.79 Å². The van der Waals surface area contributed by atoms with Gasteiger partial charge in [-0.15, -0.1) is 0 Å². The molecule has 3 aromatic carbocycles. The van der Waals surface area contributed by atoms with Crippen LogP contribution in [0.2, 0.25) is 0 Å². The second-order valence-corrected chi connectivity index (χ2v) is 8.40. The maximum Gasteiger partial charge on any atom is 0.253 e. The summed E-state index contributed by atoms with van der Waals surface area (Å²) in [5.41, 5.74) is 9.22. The molecule has 180 valence electrons. The van der Waals surface area contributed by atoms with Gasteiger partial charge in [0, 0.05) is 34.9 Å². The number of carbonyl (C=O) groups excluding carboxylic acids is 3. The van der Waals surface area contributed by atoms with Crippen LogP contribution in [0.25, 0.3) is 32.9 Å². The van der Waals surface area contributed by atoms with Gasteiger partial charge in [-0.25, -0.2) is 4.39 Å². The van der Waals surface area contributed by atoms with Gasteiger partial charge in [0.1, 0.15) is 6.79 Å². The van der Waals surface area contributed by atoms with Crippen molar-refractivity contribution in [2.24, 2.45) is 5.73 Å². The molecule has 4 aromatic rings. The number of nitrogens with one attached hydrogen (secondary N) is 1. The third-order valence-electron chi connectivity index (χ3n) is 6.35. The highest BCUT2D eigenvalue weighted by Gasteiger charge is 2.20. The Morgan fingerprint density at radius 3 is 2.37 bits per heavy atom. The van der Waals surface area contributed by atoms with Crippen LogP contribution in [0.1, 0.15) is 40.0 Å². The molecule has 1 aromatic heterocycles. The van der Waals surface area contributed by atoms with Gasteiger partial charge >= 0.3 is 0 Å². The molecule has 35 heavy (non-hydrogen) atoms. The zero-order valence-electron chi connectivity index (χ0n) is 19.4. The first kappa shape index (κ1) is 23.9. The van der Waals surface area contributed by atoms with Crippen molar-refractivity contribution in [1.29, 1.82) is 0 Å². The van der Waals surface area contributed by atoms with Crippen molar-refractivity contribution in [3.8, 4) is 16.9 Å². The smallest absolute Gasteiger partial charge is 0.253 e. The predicted octanol–water partition coefficient (Wildman–Crippen LogP) is 4.68. The molecule has 1 aliphatic heterocycles. The molecule has 0 aliphatic carbocycles. The van der Waals surface area contributed by atoms with Crippen LogP contribution >= 0.6 is 0 Å². The third kappa shape index (κ3) is 4.47. The third-order valence-corrected chi connectivity index (χ3v) is 6.35. The van der Waals surface area contributed by atoms with Crippen LogP contribution in [0, 0.1) is 5.82 Å². The molecule has 2 amide bonds. The van der Waals surface area contributed by atoms with Crippen LogP contribution in [0.3, 0.4) is 0 Å². The number of fused-ring (bicyclic) bond motifs is 3. The number of halogens is 1. The monoisotopic (exact) mass is 475 g/mol. The van der Waals surface area contributed by atoms with Gasteiger partial charge in [0.25, 0.3) is 11.8 Å². The standard InChI is InChI=1S/C26H24FN3O3.CH2O/c1-33-23-8-6-15(14-21(23)27)17-12-19-18-11-16(26(32)30-9-3-2-4-10-30)5-7-22(18)29-24(19)20(13-17)25(28)31;1-2/h5-8,11-14,29H,2-4,9-10H2,1H3,(H2,28,31);1H2. The van der Waals surface area contributed by atoms with Gasteiger partial charge in [0.05, 0.1) is 18.2 Å². The summed E-state index contributed by atoms with van der Waals surface area (Å²) in [6.45, 7) is 3.54. The van der Waals surface area contributed by atoms with Gasteiger partial charge in [-0.3, -0.25) is 9.59 Å². The Morgan fingerprint density at radius 2 is 1.71 bits per heavy atom. The molecule has 0 atom stereocenters. The van der Waals surface area contributed by atoms with E-state index in [-0.39, 0.29) is 11.7 Å². The van der Waals surface area contributed by atoms with Crippen molar-refractivity contribution in [1.82, 2.24) is 9.88 Å². The van der Waals surface area contributed by atoms with E-state index in [4.69, 9.17) is 15.3 Å². The summed E-state index contributed by atoms with van der Waals surface area (Å²) in [5, 5.41) is 1.56. The van der Waals surface area contributed by atoms with Gasteiger partial charge < -0.3 is 25.1 Å². The number of rotatable bonds is 4. The SMILES string of the molecule is C=O.COc1ccc(-c2cc(C(N)=O)c3[nH]c4ccc(C(=O)N5CCCCC5)cc4c3c2)cc1F. The maximum absolute atomic E-state index is 14.4. The fourth-order valence-electron chi connectivity index (χ4n) is 4.62. The molecule has 0 spiro atoms. The Bertz CT molecular complexity index is 1420. The summed E-state index contributed by atoms with van der Waals surface area (Å²) in [5.74, 6) is -0.937.